The van der Waals surface area contributed by atoms with E-state index in [-0.39, 0.29) is 0 Å². The minimum Gasteiger partial charge on any atom is -0.396 e. The molecule has 0 aliphatic rings. The van der Waals surface area contributed by atoms with Gasteiger partial charge in [0.2, 0.25) is 0 Å². The van der Waals surface area contributed by atoms with E-state index in [0.29, 0.717) is 5.69 Å². The third-order valence-corrected chi connectivity index (χ3v) is 2.72. The first-order valence-corrected chi connectivity index (χ1v) is 5.57. The van der Waals surface area contributed by atoms with Crippen LogP contribution >= 0.6 is 0 Å². The topological polar surface area (TPSA) is 55.0 Å². The fourth-order valence-corrected chi connectivity index (χ4v) is 1.71. The van der Waals surface area contributed by atoms with Gasteiger partial charge in [-0.25, -0.2) is 0 Å². The van der Waals surface area contributed by atoms with E-state index < -0.39 is 0 Å². The van der Waals surface area contributed by atoms with Gasteiger partial charge in [0, 0.05) is 32.2 Å². The Balaban J connectivity index is 1.99. The summed E-state index contributed by atoms with van der Waals surface area (Å²) in [5.74, 6) is 0. The summed E-state index contributed by atoms with van der Waals surface area (Å²) in [5.41, 5.74) is 8.89. The van der Waals surface area contributed by atoms with Crippen LogP contribution in [0.2, 0.25) is 0 Å². The first-order chi connectivity index (χ1) is 8.27. The third-order valence-electron chi connectivity index (χ3n) is 2.72. The zero-order valence-electron chi connectivity index (χ0n) is 9.87. The molecule has 0 amide bonds. The van der Waals surface area contributed by atoms with Crippen LogP contribution in [0, 0.1) is 0 Å². The summed E-state index contributed by atoms with van der Waals surface area (Å²) in [6.45, 7) is 0.915. The highest BCUT2D eigenvalue weighted by atomic mass is 15.1. The van der Waals surface area contributed by atoms with E-state index in [1.54, 1.807) is 12.4 Å². The molecule has 2 rings (SSSR count). The molecule has 4 heteroatoms. The van der Waals surface area contributed by atoms with Gasteiger partial charge in [-0.3, -0.25) is 9.97 Å². The zero-order chi connectivity index (χ0) is 12.1. The van der Waals surface area contributed by atoms with Gasteiger partial charge in [-0.05, 0) is 30.2 Å². The summed E-state index contributed by atoms with van der Waals surface area (Å²) in [4.78, 5) is 10.1. The molecule has 0 saturated heterocycles. The lowest BCUT2D eigenvalue weighted by Crippen LogP contribution is -2.21. The van der Waals surface area contributed by atoms with Crippen molar-refractivity contribution in [2.75, 3.05) is 24.2 Å². The van der Waals surface area contributed by atoms with Crippen molar-refractivity contribution < 1.29 is 0 Å². The number of nitrogens with zero attached hydrogens (tertiary/aromatic N) is 3. The van der Waals surface area contributed by atoms with E-state index >= 15 is 0 Å². The first-order valence-electron chi connectivity index (χ1n) is 5.57. The van der Waals surface area contributed by atoms with Gasteiger partial charge in [-0.15, -0.1) is 0 Å². The largest absolute Gasteiger partial charge is 0.396 e. The Morgan fingerprint density at radius 2 is 1.82 bits per heavy atom. The molecule has 0 radical (unpaired) electrons. The lowest BCUT2D eigenvalue weighted by molar-refractivity contribution is 0.875. The Kier molecular flexibility index (Phi) is 3.55. The fourth-order valence-electron chi connectivity index (χ4n) is 1.71. The molecule has 4 nitrogen and oxygen atoms in total. The quantitative estimate of drug-likeness (QED) is 0.866. The average molecular weight is 228 g/mol. The maximum Gasteiger partial charge on any atom is 0.0738 e. The number of likely N-dealkylation sites (N-methyl/N-ethyl adjacent to an activating group) is 1. The molecule has 0 atom stereocenters. The van der Waals surface area contributed by atoms with Crippen molar-refractivity contribution in [2.24, 2.45) is 0 Å². The summed E-state index contributed by atoms with van der Waals surface area (Å²) in [6.07, 6.45) is 8.04. The monoisotopic (exact) mass is 228 g/mol. The number of rotatable bonds is 4. The summed E-state index contributed by atoms with van der Waals surface area (Å²) >= 11 is 0. The van der Waals surface area contributed by atoms with E-state index in [9.17, 15) is 0 Å². The van der Waals surface area contributed by atoms with E-state index in [0.717, 1.165) is 18.7 Å². The van der Waals surface area contributed by atoms with Gasteiger partial charge in [0.15, 0.2) is 0 Å². The number of hydrogen-bond acceptors (Lipinski definition) is 4. The number of aromatic nitrogens is 2. The van der Waals surface area contributed by atoms with Crippen molar-refractivity contribution in [3.05, 3.63) is 48.5 Å². The molecular weight excluding hydrogens is 212 g/mol. The van der Waals surface area contributed by atoms with Crippen LogP contribution in [0.3, 0.4) is 0 Å². The summed E-state index contributed by atoms with van der Waals surface area (Å²) in [7, 11) is 2.03. The molecule has 0 bridgehead atoms. The molecule has 88 valence electrons. The van der Waals surface area contributed by atoms with E-state index in [4.69, 9.17) is 5.73 Å². The molecule has 0 aliphatic heterocycles. The van der Waals surface area contributed by atoms with Crippen LogP contribution in [0.5, 0.6) is 0 Å². The number of nitrogen functional groups attached to an aromatic ring is 1. The lowest BCUT2D eigenvalue weighted by Gasteiger charge is -2.20. The highest BCUT2D eigenvalue weighted by molar-refractivity contribution is 5.65. The highest BCUT2D eigenvalue weighted by Gasteiger charge is 2.04. The normalized spacial score (nSPS) is 10.2. The SMILES string of the molecule is CN(CCc1ccncc1)c1ccncc1N. The van der Waals surface area contributed by atoms with Crippen molar-refractivity contribution in [2.45, 2.75) is 6.42 Å². The molecule has 0 unspecified atom stereocenters. The van der Waals surface area contributed by atoms with Crippen LogP contribution in [-0.2, 0) is 6.42 Å². The minimum atomic E-state index is 0.713. The lowest BCUT2D eigenvalue weighted by atomic mass is 10.2. The maximum atomic E-state index is 5.88. The second-order valence-electron chi connectivity index (χ2n) is 3.96. The van der Waals surface area contributed by atoms with Crippen molar-refractivity contribution in [1.82, 2.24) is 9.97 Å². The van der Waals surface area contributed by atoms with E-state index in [1.165, 1.54) is 5.56 Å². The van der Waals surface area contributed by atoms with Crippen molar-refractivity contribution >= 4 is 11.4 Å². The van der Waals surface area contributed by atoms with Crippen LogP contribution in [-0.4, -0.2) is 23.6 Å². The molecule has 0 spiro atoms. The van der Waals surface area contributed by atoms with Gasteiger partial charge in [-0.1, -0.05) is 0 Å². The highest BCUT2D eigenvalue weighted by Crippen LogP contribution is 2.19. The molecule has 2 N–H and O–H groups in total. The second kappa shape index (κ2) is 5.30. The molecule has 0 saturated carbocycles. The molecule has 2 aromatic heterocycles. The predicted molar refractivity (Wildman–Crippen MR) is 69.9 cm³/mol. The van der Waals surface area contributed by atoms with Crippen molar-refractivity contribution in [1.29, 1.82) is 0 Å². The minimum absolute atomic E-state index is 0.713. The molecule has 17 heavy (non-hydrogen) atoms. The van der Waals surface area contributed by atoms with Crippen LogP contribution < -0.4 is 10.6 Å². The summed E-state index contributed by atoms with van der Waals surface area (Å²) in [5, 5.41) is 0. The Morgan fingerprint density at radius 1 is 1.12 bits per heavy atom. The Hall–Kier alpha value is -2.10. The Labute approximate surface area is 101 Å². The first kappa shape index (κ1) is 11.4. The van der Waals surface area contributed by atoms with Crippen LogP contribution in [0.25, 0.3) is 0 Å². The fraction of sp³-hybridized carbons (Fsp3) is 0.231. The molecule has 0 fully saturated rings. The van der Waals surface area contributed by atoms with Crippen LogP contribution in [0.1, 0.15) is 5.56 Å². The van der Waals surface area contributed by atoms with E-state index in [2.05, 4.69) is 14.9 Å². The van der Waals surface area contributed by atoms with Gasteiger partial charge in [-0.2, -0.15) is 0 Å². The molecule has 0 aromatic carbocycles. The Morgan fingerprint density at radius 3 is 2.53 bits per heavy atom. The Bertz CT molecular complexity index is 470. The smallest absolute Gasteiger partial charge is 0.0738 e. The summed E-state index contributed by atoms with van der Waals surface area (Å²) in [6, 6.07) is 6.00. The molecule has 2 heterocycles. The molecule has 2 aromatic rings. The summed E-state index contributed by atoms with van der Waals surface area (Å²) < 4.78 is 0. The number of nitrogens with two attached hydrogens (primary N) is 1. The van der Waals surface area contributed by atoms with Gasteiger partial charge >= 0.3 is 0 Å². The van der Waals surface area contributed by atoms with Gasteiger partial charge < -0.3 is 10.6 Å². The van der Waals surface area contributed by atoms with Crippen molar-refractivity contribution in [3.8, 4) is 0 Å². The number of hydrogen-bond donors (Lipinski definition) is 1. The van der Waals surface area contributed by atoms with Crippen LogP contribution in [0.4, 0.5) is 11.4 Å². The average Bonchev–Trinajstić information content (AvgIpc) is 2.38. The maximum absolute atomic E-state index is 5.88. The zero-order valence-corrected chi connectivity index (χ0v) is 9.87. The molecule has 0 aliphatic carbocycles. The predicted octanol–water partition coefficient (Wildman–Crippen LogP) is 1.74. The van der Waals surface area contributed by atoms with Crippen molar-refractivity contribution in [3.63, 3.8) is 0 Å². The molecular formula is C13H16N4. The van der Waals surface area contributed by atoms with Gasteiger partial charge in [0.1, 0.15) is 0 Å². The van der Waals surface area contributed by atoms with E-state index in [1.807, 2.05) is 37.6 Å². The van der Waals surface area contributed by atoms with Crippen LogP contribution in [0.15, 0.2) is 43.0 Å². The number of anilines is 2. The second-order valence-corrected chi connectivity index (χ2v) is 3.96. The third kappa shape index (κ3) is 2.93. The standard InChI is InChI=1S/C13H16N4/c1-17(13-4-8-16-10-12(13)14)9-5-11-2-6-15-7-3-11/h2-4,6-8,10H,5,9,14H2,1H3. The number of pyridine rings is 2. The van der Waals surface area contributed by atoms with Gasteiger partial charge in [0.25, 0.3) is 0 Å². The van der Waals surface area contributed by atoms with Gasteiger partial charge in [0.05, 0.1) is 17.6 Å².